The second kappa shape index (κ2) is 7.52. The summed E-state index contributed by atoms with van der Waals surface area (Å²) in [6, 6.07) is 15.4. The monoisotopic (exact) mass is 436 g/mol. The molecule has 0 spiro atoms. The van der Waals surface area contributed by atoms with E-state index in [1.54, 1.807) is 20.2 Å². The summed E-state index contributed by atoms with van der Waals surface area (Å²) in [6.45, 7) is 3.85. The van der Waals surface area contributed by atoms with Gasteiger partial charge in [0.05, 0.1) is 29.0 Å². The van der Waals surface area contributed by atoms with Gasteiger partial charge in [0.15, 0.2) is 0 Å². The minimum atomic E-state index is -0.431. The number of esters is 1. The molecule has 4 aromatic rings. The third-order valence-corrected chi connectivity index (χ3v) is 4.87. The maximum atomic E-state index is 12.6. The molecule has 2 aromatic heterocycles. The number of halogens is 1. The van der Waals surface area contributed by atoms with Crippen LogP contribution in [0.1, 0.15) is 23.0 Å². The number of carbonyl (C=O) groups is 1. The number of nitrogens with zero attached hydrogens (tertiary/aromatic N) is 4. The summed E-state index contributed by atoms with van der Waals surface area (Å²) in [5.74, 6) is 0.0251. The minimum absolute atomic E-state index is 0.284. The summed E-state index contributed by atoms with van der Waals surface area (Å²) >= 11 is 3.44. The highest BCUT2D eigenvalue weighted by Crippen LogP contribution is 2.27. The average Bonchev–Trinajstić information content (AvgIpc) is 3.12. The number of carbonyl (C=O) groups excluding carboxylic acids is 1. The van der Waals surface area contributed by atoms with E-state index in [0.717, 1.165) is 21.1 Å². The van der Waals surface area contributed by atoms with Crippen molar-refractivity contribution in [1.29, 1.82) is 0 Å². The number of rotatable bonds is 4. The van der Waals surface area contributed by atoms with Crippen LogP contribution in [0, 0.1) is 6.92 Å². The molecule has 28 heavy (non-hydrogen) atoms. The first-order valence-corrected chi connectivity index (χ1v) is 9.62. The SMILES string of the molecule is CCOC(=O)c1c(C)nc(-n2cnc3ccccc32)nc1-c1ccc(Br)cc1. The molecule has 0 N–H and O–H groups in total. The van der Waals surface area contributed by atoms with Crippen LogP contribution in [0.5, 0.6) is 0 Å². The summed E-state index contributed by atoms with van der Waals surface area (Å²) < 4.78 is 8.01. The molecule has 2 aromatic carbocycles. The van der Waals surface area contributed by atoms with E-state index in [0.29, 0.717) is 22.9 Å². The van der Waals surface area contributed by atoms with E-state index in [4.69, 9.17) is 9.72 Å². The second-order valence-corrected chi connectivity index (χ2v) is 7.08. The molecule has 0 bridgehead atoms. The van der Waals surface area contributed by atoms with E-state index in [1.165, 1.54) is 0 Å². The van der Waals surface area contributed by atoms with E-state index in [1.807, 2.05) is 53.1 Å². The van der Waals surface area contributed by atoms with Crippen molar-refractivity contribution in [1.82, 2.24) is 19.5 Å². The van der Waals surface area contributed by atoms with Crippen LogP contribution >= 0.6 is 15.9 Å². The van der Waals surface area contributed by atoms with Crippen molar-refractivity contribution in [2.45, 2.75) is 13.8 Å². The molecule has 0 saturated carbocycles. The van der Waals surface area contributed by atoms with Crippen LogP contribution in [-0.4, -0.2) is 32.1 Å². The lowest BCUT2D eigenvalue weighted by Crippen LogP contribution is -2.14. The number of benzene rings is 2. The highest BCUT2D eigenvalue weighted by Gasteiger charge is 2.22. The third kappa shape index (κ3) is 3.29. The van der Waals surface area contributed by atoms with Gasteiger partial charge >= 0.3 is 5.97 Å². The van der Waals surface area contributed by atoms with Gasteiger partial charge in [-0.1, -0.05) is 40.2 Å². The van der Waals surface area contributed by atoms with Gasteiger partial charge < -0.3 is 4.74 Å². The minimum Gasteiger partial charge on any atom is -0.462 e. The fourth-order valence-electron chi connectivity index (χ4n) is 3.05. The molecule has 0 radical (unpaired) electrons. The Balaban J connectivity index is 1.95. The molecule has 0 unspecified atom stereocenters. The largest absolute Gasteiger partial charge is 0.462 e. The van der Waals surface area contributed by atoms with Crippen LogP contribution < -0.4 is 0 Å². The highest BCUT2D eigenvalue weighted by molar-refractivity contribution is 9.10. The molecule has 0 aliphatic carbocycles. The lowest BCUT2D eigenvalue weighted by atomic mass is 10.0. The zero-order chi connectivity index (χ0) is 19.7. The fraction of sp³-hybridized carbons (Fsp3) is 0.143. The standard InChI is InChI=1S/C21H17BrN4O2/c1-3-28-20(27)18-13(2)24-21(25-19(18)14-8-10-15(22)11-9-14)26-12-23-16-6-4-5-7-17(16)26/h4-12H,3H2,1-2H3. The number of aromatic nitrogens is 4. The van der Waals surface area contributed by atoms with E-state index in [2.05, 4.69) is 25.9 Å². The van der Waals surface area contributed by atoms with Crippen LogP contribution in [0.25, 0.3) is 28.2 Å². The van der Waals surface area contributed by atoms with Gasteiger partial charge in [0.2, 0.25) is 5.95 Å². The Morgan fingerprint density at radius 2 is 1.86 bits per heavy atom. The third-order valence-electron chi connectivity index (χ3n) is 4.34. The highest BCUT2D eigenvalue weighted by atomic mass is 79.9. The number of hydrogen-bond acceptors (Lipinski definition) is 5. The summed E-state index contributed by atoms with van der Waals surface area (Å²) in [7, 11) is 0. The first kappa shape index (κ1) is 18.3. The van der Waals surface area contributed by atoms with Gasteiger partial charge in [-0.05, 0) is 38.1 Å². The molecular weight excluding hydrogens is 420 g/mol. The molecule has 2 heterocycles. The van der Waals surface area contributed by atoms with Gasteiger partial charge in [0, 0.05) is 10.0 Å². The zero-order valence-electron chi connectivity index (χ0n) is 15.4. The van der Waals surface area contributed by atoms with Gasteiger partial charge in [-0.3, -0.25) is 4.57 Å². The van der Waals surface area contributed by atoms with Crippen molar-refractivity contribution in [3.8, 4) is 17.2 Å². The van der Waals surface area contributed by atoms with Crippen molar-refractivity contribution in [3.63, 3.8) is 0 Å². The van der Waals surface area contributed by atoms with Crippen LogP contribution in [0.4, 0.5) is 0 Å². The van der Waals surface area contributed by atoms with Crippen molar-refractivity contribution >= 4 is 32.9 Å². The summed E-state index contributed by atoms with van der Waals surface area (Å²) in [4.78, 5) is 26.3. The van der Waals surface area contributed by atoms with Gasteiger partial charge in [0.25, 0.3) is 0 Å². The van der Waals surface area contributed by atoms with Crippen molar-refractivity contribution < 1.29 is 9.53 Å². The molecule has 140 valence electrons. The van der Waals surface area contributed by atoms with Crippen molar-refractivity contribution in [2.24, 2.45) is 0 Å². The predicted molar refractivity (Wildman–Crippen MR) is 110 cm³/mol. The van der Waals surface area contributed by atoms with Crippen LogP contribution in [0.15, 0.2) is 59.3 Å². The summed E-state index contributed by atoms with van der Waals surface area (Å²) in [6.07, 6.45) is 1.69. The smallest absolute Gasteiger partial charge is 0.342 e. The lowest BCUT2D eigenvalue weighted by Gasteiger charge is -2.13. The van der Waals surface area contributed by atoms with Gasteiger partial charge in [-0.25, -0.2) is 19.7 Å². The molecule has 0 saturated heterocycles. The van der Waals surface area contributed by atoms with E-state index < -0.39 is 5.97 Å². The molecule has 0 amide bonds. The Labute approximate surface area is 170 Å². The molecular formula is C21H17BrN4O2. The Hall–Kier alpha value is -3.06. The van der Waals surface area contributed by atoms with Gasteiger partial charge in [-0.15, -0.1) is 0 Å². The first-order chi connectivity index (χ1) is 13.6. The number of para-hydroxylation sites is 2. The zero-order valence-corrected chi connectivity index (χ0v) is 17.0. The number of ether oxygens (including phenoxy) is 1. The molecule has 0 aliphatic rings. The topological polar surface area (TPSA) is 69.9 Å². The van der Waals surface area contributed by atoms with Gasteiger partial charge in [0.1, 0.15) is 11.9 Å². The Morgan fingerprint density at radius 3 is 2.61 bits per heavy atom. The Bertz CT molecular complexity index is 1170. The van der Waals surface area contributed by atoms with Crippen LogP contribution in [0.2, 0.25) is 0 Å². The van der Waals surface area contributed by atoms with Crippen LogP contribution in [0.3, 0.4) is 0 Å². The van der Waals surface area contributed by atoms with E-state index in [9.17, 15) is 4.79 Å². The lowest BCUT2D eigenvalue weighted by molar-refractivity contribution is 0.0525. The Morgan fingerprint density at radius 1 is 1.11 bits per heavy atom. The van der Waals surface area contributed by atoms with Gasteiger partial charge in [-0.2, -0.15) is 0 Å². The summed E-state index contributed by atoms with van der Waals surface area (Å²) in [5, 5.41) is 0. The first-order valence-electron chi connectivity index (χ1n) is 8.82. The molecule has 0 fully saturated rings. The number of aryl methyl sites for hydroxylation is 1. The number of fused-ring (bicyclic) bond motifs is 1. The molecule has 0 atom stereocenters. The quantitative estimate of drug-likeness (QED) is 0.432. The van der Waals surface area contributed by atoms with Crippen molar-refractivity contribution in [2.75, 3.05) is 6.61 Å². The summed E-state index contributed by atoms with van der Waals surface area (Å²) in [5.41, 5.74) is 4.01. The second-order valence-electron chi connectivity index (χ2n) is 6.16. The Kier molecular flexibility index (Phi) is 4.92. The number of imidazole rings is 1. The van der Waals surface area contributed by atoms with Crippen LogP contribution in [-0.2, 0) is 4.74 Å². The molecule has 0 aliphatic heterocycles. The predicted octanol–water partition coefficient (Wildman–Crippen LogP) is 4.73. The average molecular weight is 437 g/mol. The molecule has 6 nitrogen and oxygen atoms in total. The van der Waals surface area contributed by atoms with E-state index in [-0.39, 0.29) is 6.61 Å². The van der Waals surface area contributed by atoms with E-state index >= 15 is 0 Å². The maximum absolute atomic E-state index is 12.6. The fourth-order valence-corrected chi connectivity index (χ4v) is 3.31. The molecule has 7 heteroatoms. The number of hydrogen-bond donors (Lipinski definition) is 0. The van der Waals surface area contributed by atoms with Crippen molar-refractivity contribution in [3.05, 3.63) is 70.6 Å². The normalized spacial score (nSPS) is 11.0. The maximum Gasteiger partial charge on any atom is 0.342 e. The molecule has 4 rings (SSSR count).